The first-order valence-electron chi connectivity index (χ1n) is 5.17. The molecule has 0 saturated heterocycles. The van der Waals surface area contributed by atoms with E-state index in [9.17, 15) is 9.18 Å². The zero-order chi connectivity index (χ0) is 14.0. The quantitative estimate of drug-likeness (QED) is 0.936. The van der Waals surface area contributed by atoms with Gasteiger partial charge in [-0.3, -0.25) is 0 Å². The number of aryl methyl sites for hydroxylation is 1. The molecule has 0 amide bonds. The highest BCUT2D eigenvalue weighted by atomic mass is 35.5. The predicted octanol–water partition coefficient (Wildman–Crippen LogP) is 3.07. The van der Waals surface area contributed by atoms with Crippen LogP contribution in [0.2, 0.25) is 5.02 Å². The third kappa shape index (κ3) is 3.17. The van der Waals surface area contributed by atoms with Gasteiger partial charge in [0.15, 0.2) is 5.69 Å². The van der Waals surface area contributed by atoms with Crippen LogP contribution in [0.4, 0.5) is 4.39 Å². The fraction of sp³-hybridized carbons (Fsp3) is 0.0833. The van der Waals surface area contributed by atoms with E-state index in [1.807, 2.05) is 0 Å². The summed E-state index contributed by atoms with van der Waals surface area (Å²) in [6.07, 6.45) is 0. The molecule has 5 nitrogen and oxygen atoms in total. The Balaban J connectivity index is 2.32. The van der Waals surface area contributed by atoms with Gasteiger partial charge in [-0.25, -0.2) is 14.2 Å². The lowest BCUT2D eigenvalue weighted by Crippen LogP contribution is -2.04. The normalized spacial score (nSPS) is 10.3. The Hall–Kier alpha value is -2.21. The van der Waals surface area contributed by atoms with Crippen molar-refractivity contribution in [3.63, 3.8) is 0 Å². The Bertz CT molecular complexity index is 649. The third-order valence-electron chi connectivity index (χ3n) is 2.15. The number of halogens is 2. The minimum absolute atomic E-state index is 0.0382. The highest BCUT2D eigenvalue weighted by molar-refractivity contribution is 6.30. The Morgan fingerprint density at radius 3 is 2.74 bits per heavy atom. The van der Waals surface area contributed by atoms with Gasteiger partial charge in [-0.15, -0.1) is 0 Å². The molecule has 0 radical (unpaired) electrons. The standard InChI is InChI=1S/C12H8ClFN2O3/c1-6-4-10(11(17)18)16-12(15-6)19-7-2-3-8(13)9(14)5-7/h2-5H,1H3,(H,17,18). The molecule has 2 rings (SSSR count). The van der Waals surface area contributed by atoms with E-state index in [0.29, 0.717) is 5.69 Å². The molecule has 98 valence electrons. The number of carboxylic acids is 1. The number of carboxylic acid groups (broad SMARTS) is 1. The maximum Gasteiger partial charge on any atom is 0.354 e. The monoisotopic (exact) mass is 282 g/mol. The lowest BCUT2D eigenvalue weighted by atomic mass is 10.3. The topological polar surface area (TPSA) is 72.3 Å². The van der Waals surface area contributed by atoms with Gasteiger partial charge in [-0.05, 0) is 25.1 Å². The van der Waals surface area contributed by atoms with E-state index < -0.39 is 11.8 Å². The molecule has 0 saturated carbocycles. The van der Waals surface area contributed by atoms with Crippen molar-refractivity contribution in [2.75, 3.05) is 0 Å². The lowest BCUT2D eigenvalue weighted by Gasteiger charge is -2.06. The molecule has 1 aromatic carbocycles. The van der Waals surface area contributed by atoms with Gasteiger partial charge in [0.2, 0.25) is 0 Å². The van der Waals surface area contributed by atoms with Crippen molar-refractivity contribution >= 4 is 17.6 Å². The average Bonchev–Trinajstić information content (AvgIpc) is 2.33. The molecule has 0 unspecified atom stereocenters. The van der Waals surface area contributed by atoms with Crippen LogP contribution in [0.1, 0.15) is 16.2 Å². The van der Waals surface area contributed by atoms with Crippen molar-refractivity contribution in [1.82, 2.24) is 9.97 Å². The highest BCUT2D eigenvalue weighted by Crippen LogP contribution is 2.23. The van der Waals surface area contributed by atoms with Crippen molar-refractivity contribution in [3.05, 3.63) is 46.5 Å². The fourth-order valence-electron chi connectivity index (χ4n) is 1.34. The zero-order valence-electron chi connectivity index (χ0n) is 9.72. The molecule has 19 heavy (non-hydrogen) atoms. The average molecular weight is 283 g/mol. The minimum Gasteiger partial charge on any atom is -0.477 e. The first-order chi connectivity index (χ1) is 8.95. The molecule has 0 fully saturated rings. The molecule has 0 bridgehead atoms. The maximum atomic E-state index is 13.2. The SMILES string of the molecule is Cc1cc(C(=O)O)nc(Oc2ccc(Cl)c(F)c2)n1. The van der Waals surface area contributed by atoms with Crippen LogP contribution in [0.15, 0.2) is 24.3 Å². The molecule has 1 heterocycles. The van der Waals surface area contributed by atoms with E-state index in [-0.39, 0.29) is 22.5 Å². The minimum atomic E-state index is -1.20. The van der Waals surface area contributed by atoms with E-state index in [0.717, 1.165) is 6.07 Å². The van der Waals surface area contributed by atoms with Crippen molar-refractivity contribution in [2.24, 2.45) is 0 Å². The zero-order valence-corrected chi connectivity index (χ0v) is 10.5. The number of nitrogens with zero attached hydrogens (tertiary/aromatic N) is 2. The third-order valence-corrected chi connectivity index (χ3v) is 2.46. The maximum absolute atomic E-state index is 13.2. The number of aromatic carboxylic acids is 1. The molecule has 0 aliphatic rings. The van der Waals surface area contributed by atoms with Crippen LogP contribution in [0.25, 0.3) is 0 Å². The molecule has 2 aromatic rings. The van der Waals surface area contributed by atoms with Gasteiger partial charge in [0.1, 0.15) is 11.6 Å². The van der Waals surface area contributed by atoms with Crippen molar-refractivity contribution in [2.45, 2.75) is 6.92 Å². The molecule has 0 atom stereocenters. The Labute approximate surface area is 112 Å². The number of rotatable bonds is 3. The van der Waals surface area contributed by atoms with Gasteiger partial charge < -0.3 is 9.84 Å². The number of aromatic nitrogens is 2. The number of hydrogen-bond acceptors (Lipinski definition) is 4. The van der Waals surface area contributed by atoms with E-state index in [2.05, 4.69) is 9.97 Å². The fourth-order valence-corrected chi connectivity index (χ4v) is 1.46. The summed E-state index contributed by atoms with van der Waals surface area (Å²) in [6, 6.07) is 4.95. The van der Waals surface area contributed by atoms with Crippen molar-refractivity contribution in [3.8, 4) is 11.8 Å². The van der Waals surface area contributed by atoms with Gasteiger partial charge in [0, 0.05) is 11.8 Å². The number of hydrogen-bond donors (Lipinski definition) is 1. The van der Waals surface area contributed by atoms with Gasteiger partial charge in [-0.2, -0.15) is 4.98 Å². The predicted molar refractivity (Wildman–Crippen MR) is 65.2 cm³/mol. The van der Waals surface area contributed by atoms with E-state index in [1.54, 1.807) is 6.92 Å². The Morgan fingerprint density at radius 2 is 2.11 bits per heavy atom. The summed E-state index contributed by atoms with van der Waals surface area (Å²) >= 11 is 5.54. The second-order valence-electron chi connectivity index (χ2n) is 3.66. The molecule has 0 spiro atoms. The van der Waals surface area contributed by atoms with Crippen molar-refractivity contribution < 1.29 is 19.0 Å². The number of benzene rings is 1. The van der Waals surface area contributed by atoms with Crippen LogP contribution < -0.4 is 4.74 Å². The second-order valence-corrected chi connectivity index (χ2v) is 4.07. The van der Waals surface area contributed by atoms with Gasteiger partial charge >= 0.3 is 12.0 Å². The summed E-state index contributed by atoms with van der Waals surface area (Å²) in [5, 5.41) is 8.82. The molecule has 0 aliphatic heterocycles. The van der Waals surface area contributed by atoms with Crippen LogP contribution in [0.3, 0.4) is 0 Å². The Kier molecular flexibility index (Phi) is 3.62. The number of ether oxygens (including phenoxy) is 1. The summed E-state index contributed by atoms with van der Waals surface area (Å²) in [7, 11) is 0. The van der Waals surface area contributed by atoms with E-state index in [1.165, 1.54) is 18.2 Å². The molecule has 1 N–H and O–H groups in total. The van der Waals surface area contributed by atoms with Crippen LogP contribution in [0, 0.1) is 12.7 Å². The molecule has 7 heteroatoms. The largest absolute Gasteiger partial charge is 0.477 e. The summed E-state index contributed by atoms with van der Waals surface area (Å²) in [5.41, 5.74) is 0.230. The first-order valence-corrected chi connectivity index (χ1v) is 5.55. The molecular formula is C12H8ClFN2O3. The van der Waals surface area contributed by atoms with Gasteiger partial charge in [0.25, 0.3) is 0 Å². The van der Waals surface area contributed by atoms with Gasteiger partial charge in [0.05, 0.1) is 5.02 Å². The summed E-state index contributed by atoms with van der Waals surface area (Å²) in [5.74, 6) is -1.72. The lowest BCUT2D eigenvalue weighted by molar-refractivity contribution is 0.0689. The summed E-state index contributed by atoms with van der Waals surface area (Å²) < 4.78 is 18.4. The summed E-state index contributed by atoms with van der Waals surface area (Å²) in [6.45, 7) is 1.60. The first kappa shape index (κ1) is 13.2. The summed E-state index contributed by atoms with van der Waals surface area (Å²) in [4.78, 5) is 18.4. The van der Waals surface area contributed by atoms with Crippen LogP contribution in [-0.4, -0.2) is 21.0 Å². The molecule has 1 aromatic heterocycles. The van der Waals surface area contributed by atoms with Crippen LogP contribution in [0.5, 0.6) is 11.8 Å². The van der Waals surface area contributed by atoms with E-state index >= 15 is 0 Å². The smallest absolute Gasteiger partial charge is 0.354 e. The molecular weight excluding hydrogens is 275 g/mol. The van der Waals surface area contributed by atoms with Gasteiger partial charge in [-0.1, -0.05) is 11.6 Å². The number of carbonyl (C=O) groups is 1. The second kappa shape index (κ2) is 5.19. The Morgan fingerprint density at radius 1 is 1.37 bits per heavy atom. The van der Waals surface area contributed by atoms with E-state index in [4.69, 9.17) is 21.4 Å². The highest BCUT2D eigenvalue weighted by Gasteiger charge is 2.11. The van der Waals surface area contributed by atoms with Crippen LogP contribution in [-0.2, 0) is 0 Å². The molecule has 0 aliphatic carbocycles. The van der Waals surface area contributed by atoms with Crippen LogP contribution >= 0.6 is 11.6 Å². The van der Waals surface area contributed by atoms with Crippen molar-refractivity contribution in [1.29, 1.82) is 0 Å².